The van der Waals surface area contributed by atoms with Crippen LogP contribution >= 0.6 is 0 Å². The maximum absolute atomic E-state index is 12.8. The van der Waals surface area contributed by atoms with Crippen LogP contribution in [-0.2, 0) is 14.4 Å². The minimum atomic E-state index is -1.28. The predicted molar refractivity (Wildman–Crippen MR) is 106 cm³/mol. The lowest BCUT2D eigenvalue weighted by Crippen LogP contribution is -2.32. The number of ketones is 1. The third-order valence-corrected chi connectivity index (χ3v) is 4.86. The summed E-state index contributed by atoms with van der Waals surface area (Å²) in [5.41, 5.74) is 0.521. The lowest BCUT2D eigenvalue weighted by Gasteiger charge is -2.24. The summed E-state index contributed by atoms with van der Waals surface area (Å²) in [7, 11) is 0. The summed E-state index contributed by atoms with van der Waals surface area (Å²) in [5.74, 6) is -3.72. The number of para-hydroxylation sites is 1. The van der Waals surface area contributed by atoms with Crippen molar-refractivity contribution in [2.75, 3.05) is 6.54 Å². The second kappa shape index (κ2) is 8.16. The van der Waals surface area contributed by atoms with E-state index in [1.807, 2.05) is 6.92 Å². The number of amides is 1. The van der Waals surface area contributed by atoms with Gasteiger partial charge in [-0.2, -0.15) is 0 Å². The topological polar surface area (TPSA) is 138 Å². The molecule has 2 aromatic rings. The van der Waals surface area contributed by atoms with Crippen LogP contribution < -0.4 is 0 Å². The lowest BCUT2D eigenvalue weighted by atomic mass is 9.94. The first kappa shape index (κ1) is 20.7. The molecule has 1 atom stereocenters. The van der Waals surface area contributed by atoms with Gasteiger partial charge in [0.2, 0.25) is 0 Å². The highest BCUT2D eigenvalue weighted by atomic mass is 16.6. The standard InChI is InChI=1S/C21H18N2O7/c1-12-6-8-13(9-7-12)19(26)17-18(14-4-2-3-5-15(14)23(29)30)22(11-10-16(24)25)21(28)20(17)27/h2-9,18,26H,10-11H2,1H3,(H,24,25)/b19-17+. The number of carboxylic acid groups (broad SMARTS) is 1. The third-order valence-electron chi connectivity index (χ3n) is 4.86. The zero-order valence-electron chi connectivity index (χ0n) is 15.9. The monoisotopic (exact) mass is 410 g/mol. The van der Waals surface area contributed by atoms with Crippen molar-refractivity contribution >= 4 is 29.1 Å². The number of aliphatic carboxylic acids is 1. The molecule has 30 heavy (non-hydrogen) atoms. The summed E-state index contributed by atoms with van der Waals surface area (Å²) in [6.45, 7) is 1.49. The summed E-state index contributed by atoms with van der Waals surface area (Å²) >= 11 is 0. The molecule has 0 radical (unpaired) electrons. The summed E-state index contributed by atoms with van der Waals surface area (Å²) < 4.78 is 0. The molecule has 1 saturated heterocycles. The average molecular weight is 410 g/mol. The second-order valence-electron chi connectivity index (χ2n) is 6.82. The predicted octanol–water partition coefficient (Wildman–Crippen LogP) is 2.80. The van der Waals surface area contributed by atoms with Crippen molar-refractivity contribution in [1.82, 2.24) is 4.90 Å². The molecule has 9 nitrogen and oxygen atoms in total. The number of nitrogens with zero attached hydrogens (tertiary/aromatic N) is 2. The molecular formula is C21H18N2O7. The van der Waals surface area contributed by atoms with E-state index in [2.05, 4.69) is 0 Å². The van der Waals surface area contributed by atoms with E-state index in [9.17, 15) is 29.6 Å². The van der Waals surface area contributed by atoms with Crippen molar-refractivity contribution in [3.8, 4) is 0 Å². The molecule has 0 bridgehead atoms. The molecule has 0 aromatic heterocycles. The number of aliphatic hydroxyl groups excluding tert-OH is 1. The Hall–Kier alpha value is -4.01. The number of carboxylic acids is 1. The van der Waals surface area contributed by atoms with Crippen LogP contribution in [-0.4, -0.2) is 44.2 Å². The number of aryl methyl sites for hydroxylation is 1. The first-order valence-electron chi connectivity index (χ1n) is 9.03. The minimum Gasteiger partial charge on any atom is -0.507 e. The number of nitro groups is 1. The molecular weight excluding hydrogens is 392 g/mol. The molecule has 0 aliphatic carbocycles. The van der Waals surface area contributed by atoms with Crippen molar-refractivity contribution in [3.63, 3.8) is 0 Å². The van der Waals surface area contributed by atoms with E-state index in [0.717, 1.165) is 10.5 Å². The SMILES string of the molecule is Cc1ccc(/C(O)=C2\C(=O)C(=O)N(CCC(=O)O)C2c2ccccc2[N+](=O)[O-])cc1. The fraction of sp³-hybridized carbons (Fsp3) is 0.190. The lowest BCUT2D eigenvalue weighted by molar-refractivity contribution is -0.385. The van der Waals surface area contributed by atoms with Gasteiger partial charge in [0.1, 0.15) is 5.76 Å². The number of benzene rings is 2. The van der Waals surface area contributed by atoms with E-state index >= 15 is 0 Å². The Kier molecular flexibility index (Phi) is 5.63. The summed E-state index contributed by atoms with van der Waals surface area (Å²) in [6, 6.07) is 10.8. The van der Waals surface area contributed by atoms with E-state index in [4.69, 9.17) is 5.11 Å². The molecule has 1 aliphatic rings. The van der Waals surface area contributed by atoms with Crippen LogP contribution in [0.15, 0.2) is 54.1 Å². The molecule has 3 rings (SSSR count). The maximum Gasteiger partial charge on any atom is 0.305 e. The fourth-order valence-electron chi connectivity index (χ4n) is 3.40. The number of aliphatic hydroxyl groups is 1. The van der Waals surface area contributed by atoms with Crippen molar-refractivity contribution in [2.24, 2.45) is 0 Å². The van der Waals surface area contributed by atoms with E-state index in [-0.39, 0.29) is 28.9 Å². The van der Waals surface area contributed by atoms with Gasteiger partial charge in [-0.3, -0.25) is 24.5 Å². The number of hydrogen-bond acceptors (Lipinski definition) is 6. The number of likely N-dealkylation sites (tertiary alicyclic amines) is 1. The number of rotatable bonds is 6. The van der Waals surface area contributed by atoms with Crippen molar-refractivity contribution in [3.05, 3.63) is 80.9 Å². The molecule has 1 amide bonds. The van der Waals surface area contributed by atoms with Crippen molar-refractivity contribution in [2.45, 2.75) is 19.4 Å². The first-order valence-corrected chi connectivity index (χ1v) is 9.03. The van der Waals surface area contributed by atoms with Gasteiger partial charge in [0, 0.05) is 18.2 Å². The van der Waals surface area contributed by atoms with E-state index in [0.29, 0.717) is 0 Å². The Labute approximate surface area is 171 Å². The highest BCUT2D eigenvalue weighted by Crippen LogP contribution is 2.42. The van der Waals surface area contributed by atoms with Crippen LogP contribution in [0.25, 0.3) is 5.76 Å². The fourth-order valence-corrected chi connectivity index (χ4v) is 3.40. The minimum absolute atomic E-state index is 0.0146. The summed E-state index contributed by atoms with van der Waals surface area (Å²) in [4.78, 5) is 48.3. The quantitative estimate of drug-likeness (QED) is 0.245. The zero-order chi connectivity index (χ0) is 22.0. The molecule has 0 spiro atoms. The second-order valence-corrected chi connectivity index (χ2v) is 6.82. The van der Waals surface area contributed by atoms with Gasteiger partial charge in [-0.25, -0.2) is 0 Å². The zero-order valence-corrected chi connectivity index (χ0v) is 15.9. The van der Waals surface area contributed by atoms with Crippen LogP contribution in [0.2, 0.25) is 0 Å². The van der Waals surface area contributed by atoms with Crippen LogP contribution in [0.3, 0.4) is 0 Å². The van der Waals surface area contributed by atoms with E-state index in [1.165, 1.54) is 24.3 Å². The third kappa shape index (κ3) is 3.77. The highest BCUT2D eigenvalue weighted by molar-refractivity contribution is 6.46. The number of hydrogen-bond donors (Lipinski definition) is 2. The molecule has 2 aromatic carbocycles. The average Bonchev–Trinajstić information content (AvgIpc) is 2.96. The summed E-state index contributed by atoms with van der Waals surface area (Å²) in [6.07, 6.45) is -0.464. The molecule has 1 fully saturated rings. The van der Waals surface area contributed by atoms with E-state index in [1.54, 1.807) is 24.3 Å². The number of carbonyl (C=O) groups excluding carboxylic acids is 2. The maximum atomic E-state index is 12.8. The van der Waals surface area contributed by atoms with Crippen LogP contribution in [0.1, 0.15) is 29.2 Å². The first-order chi connectivity index (χ1) is 14.2. The summed E-state index contributed by atoms with van der Waals surface area (Å²) in [5, 5.41) is 31.4. The van der Waals surface area contributed by atoms with Crippen molar-refractivity contribution < 1.29 is 29.5 Å². The number of Topliss-reactive ketones (excluding diaryl/α,β-unsaturated/α-hetero) is 1. The normalized spacial score (nSPS) is 17.9. The van der Waals surface area contributed by atoms with Gasteiger partial charge in [0.05, 0.1) is 28.5 Å². The van der Waals surface area contributed by atoms with Crippen molar-refractivity contribution in [1.29, 1.82) is 0 Å². The Morgan fingerprint density at radius 3 is 2.33 bits per heavy atom. The Balaban J connectivity index is 2.23. The molecule has 2 N–H and O–H groups in total. The van der Waals surface area contributed by atoms with Crippen LogP contribution in [0, 0.1) is 17.0 Å². The van der Waals surface area contributed by atoms with Gasteiger partial charge in [-0.15, -0.1) is 0 Å². The Bertz CT molecular complexity index is 1070. The number of carbonyl (C=O) groups is 3. The van der Waals surface area contributed by atoms with E-state index < -0.39 is 40.8 Å². The highest BCUT2D eigenvalue weighted by Gasteiger charge is 2.48. The van der Waals surface area contributed by atoms with Crippen LogP contribution in [0.4, 0.5) is 5.69 Å². The smallest absolute Gasteiger partial charge is 0.305 e. The van der Waals surface area contributed by atoms with Gasteiger partial charge in [-0.05, 0) is 13.0 Å². The molecule has 0 saturated carbocycles. The molecule has 9 heteroatoms. The molecule has 154 valence electrons. The molecule has 1 heterocycles. The largest absolute Gasteiger partial charge is 0.507 e. The molecule has 1 unspecified atom stereocenters. The Morgan fingerprint density at radius 2 is 1.73 bits per heavy atom. The van der Waals surface area contributed by atoms with Gasteiger partial charge >= 0.3 is 5.97 Å². The van der Waals surface area contributed by atoms with Gasteiger partial charge < -0.3 is 15.1 Å². The van der Waals surface area contributed by atoms with Gasteiger partial charge in [0.15, 0.2) is 0 Å². The van der Waals surface area contributed by atoms with Gasteiger partial charge in [-0.1, -0.05) is 42.0 Å². The number of nitro benzene ring substituents is 1. The Morgan fingerprint density at radius 1 is 1.10 bits per heavy atom. The van der Waals surface area contributed by atoms with Gasteiger partial charge in [0.25, 0.3) is 17.4 Å². The van der Waals surface area contributed by atoms with Crippen LogP contribution in [0.5, 0.6) is 0 Å². The molecule has 1 aliphatic heterocycles.